The largest absolute Gasteiger partial charge is 0.384 e. The number of primary amides is 1. The molecule has 1 amide bonds. The number of amides is 1. The summed E-state index contributed by atoms with van der Waals surface area (Å²) in [6.07, 6.45) is 0. The quantitative estimate of drug-likeness (QED) is 0.511. The lowest BCUT2D eigenvalue weighted by Crippen LogP contribution is -2.10. The molecule has 0 saturated carbocycles. The molecule has 0 atom stereocenters. The number of carbonyl (C=O) groups is 1. The van der Waals surface area contributed by atoms with Crippen molar-refractivity contribution in [3.63, 3.8) is 0 Å². The van der Waals surface area contributed by atoms with Crippen LogP contribution in [0.25, 0.3) is 22.5 Å². The Kier molecular flexibility index (Phi) is 5.06. The van der Waals surface area contributed by atoms with Gasteiger partial charge in [0, 0.05) is 21.8 Å². The molecule has 0 spiro atoms. The molecular formula is C23H19ClN4O. The fourth-order valence-electron chi connectivity index (χ4n) is 3.35. The molecular weight excluding hydrogens is 384 g/mol. The number of hydrogen-bond donors (Lipinski definition) is 2. The minimum atomic E-state index is -0.451. The minimum Gasteiger partial charge on any atom is -0.384 e. The van der Waals surface area contributed by atoms with Crippen molar-refractivity contribution in [3.05, 3.63) is 95.1 Å². The van der Waals surface area contributed by atoms with Gasteiger partial charge in [-0.15, -0.1) is 0 Å². The maximum Gasteiger partial charge on any atom is 0.248 e. The maximum absolute atomic E-state index is 11.4. The van der Waals surface area contributed by atoms with E-state index in [1.54, 1.807) is 18.2 Å². The Hall–Kier alpha value is -3.57. The number of benzene rings is 2. The second kappa shape index (κ2) is 7.81. The van der Waals surface area contributed by atoms with Gasteiger partial charge >= 0.3 is 0 Å². The first-order chi connectivity index (χ1) is 14.0. The van der Waals surface area contributed by atoms with Crippen molar-refractivity contribution in [1.29, 1.82) is 0 Å². The van der Waals surface area contributed by atoms with E-state index >= 15 is 0 Å². The van der Waals surface area contributed by atoms with Crippen LogP contribution in [0.2, 0.25) is 5.02 Å². The molecule has 0 aliphatic carbocycles. The van der Waals surface area contributed by atoms with Crippen LogP contribution in [-0.2, 0) is 6.54 Å². The number of anilines is 1. The van der Waals surface area contributed by atoms with E-state index in [0.29, 0.717) is 22.9 Å². The van der Waals surface area contributed by atoms with Gasteiger partial charge in [-0.05, 0) is 48.0 Å². The van der Waals surface area contributed by atoms with Crippen molar-refractivity contribution in [2.75, 3.05) is 5.73 Å². The van der Waals surface area contributed by atoms with Gasteiger partial charge < -0.3 is 16.0 Å². The second-order valence-corrected chi connectivity index (χ2v) is 7.07. The highest BCUT2D eigenvalue weighted by molar-refractivity contribution is 6.33. The van der Waals surface area contributed by atoms with Crippen LogP contribution >= 0.6 is 11.6 Å². The van der Waals surface area contributed by atoms with Gasteiger partial charge in [0.1, 0.15) is 5.82 Å². The number of nitrogens with zero attached hydrogens (tertiary/aromatic N) is 2. The summed E-state index contributed by atoms with van der Waals surface area (Å²) < 4.78 is 2.14. The summed E-state index contributed by atoms with van der Waals surface area (Å²) in [5.41, 5.74) is 16.4. The van der Waals surface area contributed by atoms with Gasteiger partial charge in [0.15, 0.2) is 0 Å². The lowest BCUT2D eigenvalue weighted by atomic mass is 10.1. The number of pyridine rings is 1. The van der Waals surface area contributed by atoms with Gasteiger partial charge in [0.25, 0.3) is 0 Å². The molecule has 4 aromatic rings. The molecule has 4 N–H and O–H groups in total. The molecule has 2 aromatic carbocycles. The normalized spacial score (nSPS) is 10.8. The fraction of sp³-hybridized carbons (Fsp3) is 0.0435. The molecule has 0 aliphatic heterocycles. The van der Waals surface area contributed by atoms with Crippen molar-refractivity contribution in [3.8, 4) is 22.5 Å². The predicted molar refractivity (Wildman–Crippen MR) is 117 cm³/mol. The van der Waals surface area contributed by atoms with Crippen molar-refractivity contribution in [1.82, 2.24) is 9.55 Å². The molecule has 0 radical (unpaired) electrons. The Balaban J connectivity index is 1.85. The zero-order valence-corrected chi connectivity index (χ0v) is 16.3. The Morgan fingerprint density at radius 3 is 2.31 bits per heavy atom. The Labute approximate surface area is 173 Å². The van der Waals surface area contributed by atoms with E-state index < -0.39 is 5.91 Å². The summed E-state index contributed by atoms with van der Waals surface area (Å²) in [7, 11) is 0. The third-order valence-electron chi connectivity index (χ3n) is 4.74. The number of aromatic nitrogens is 2. The zero-order chi connectivity index (χ0) is 20.4. The first kappa shape index (κ1) is 18.8. The highest BCUT2D eigenvalue weighted by atomic mass is 35.5. The molecule has 6 heteroatoms. The maximum atomic E-state index is 11.4. The summed E-state index contributed by atoms with van der Waals surface area (Å²) in [5, 5.41) is 0.669. The molecule has 4 rings (SSSR count). The molecule has 144 valence electrons. The van der Waals surface area contributed by atoms with Crippen LogP contribution in [-0.4, -0.2) is 15.5 Å². The Morgan fingerprint density at radius 2 is 1.62 bits per heavy atom. The topological polar surface area (TPSA) is 86.9 Å². The van der Waals surface area contributed by atoms with E-state index in [9.17, 15) is 4.79 Å². The number of halogens is 1. The molecule has 0 aliphatic rings. The molecule has 0 unspecified atom stereocenters. The van der Waals surface area contributed by atoms with Crippen molar-refractivity contribution in [2.45, 2.75) is 6.54 Å². The van der Waals surface area contributed by atoms with E-state index in [0.717, 1.165) is 28.2 Å². The van der Waals surface area contributed by atoms with E-state index in [4.69, 9.17) is 23.1 Å². The standard InChI is InChI=1S/C23H19ClN4O/c24-19-6-2-1-5-18(19)21-13-12-20(15-8-10-16(11-9-15)23(26)29)28(21)14-17-4-3-7-22(25)27-17/h1-13H,14H2,(H2,25,27)(H2,26,29). The number of rotatable bonds is 5. The highest BCUT2D eigenvalue weighted by Crippen LogP contribution is 2.33. The first-order valence-electron chi connectivity index (χ1n) is 9.09. The third kappa shape index (κ3) is 3.86. The van der Waals surface area contributed by atoms with Crippen LogP contribution in [0, 0.1) is 0 Å². The fourth-order valence-corrected chi connectivity index (χ4v) is 3.58. The predicted octanol–water partition coefficient (Wildman–Crippen LogP) is 4.60. The van der Waals surface area contributed by atoms with E-state index in [1.165, 1.54) is 0 Å². The third-order valence-corrected chi connectivity index (χ3v) is 5.07. The van der Waals surface area contributed by atoms with Gasteiger partial charge in [-0.3, -0.25) is 4.79 Å². The SMILES string of the molecule is NC(=O)c1ccc(-c2ccc(-c3ccccc3Cl)n2Cc2cccc(N)n2)cc1. The molecule has 2 heterocycles. The summed E-state index contributed by atoms with van der Waals surface area (Å²) in [4.78, 5) is 15.8. The van der Waals surface area contributed by atoms with Gasteiger partial charge in [0.05, 0.1) is 17.9 Å². The molecule has 0 bridgehead atoms. The monoisotopic (exact) mass is 402 g/mol. The van der Waals surface area contributed by atoms with Gasteiger partial charge in [0.2, 0.25) is 5.91 Å². The van der Waals surface area contributed by atoms with Crippen LogP contribution in [0.5, 0.6) is 0 Å². The molecule has 0 saturated heterocycles. The van der Waals surface area contributed by atoms with Crippen LogP contribution < -0.4 is 11.5 Å². The summed E-state index contributed by atoms with van der Waals surface area (Å²) >= 11 is 6.47. The summed E-state index contributed by atoms with van der Waals surface area (Å²) in [5.74, 6) is 0.0222. The second-order valence-electron chi connectivity index (χ2n) is 6.67. The van der Waals surface area contributed by atoms with Crippen molar-refractivity contribution in [2.24, 2.45) is 5.73 Å². The summed E-state index contributed by atoms with van der Waals surface area (Å²) in [6, 6.07) is 24.6. The smallest absolute Gasteiger partial charge is 0.248 e. The Bertz CT molecular complexity index is 1180. The summed E-state index contributed by atoms with van der Waals surface area (Å²) in [6.45, 7) is 0.519. The van der Waals surface area contributed by atoms with Crippen LogP contribution in [0.1, 0.15) is 16.1 Å². The number of nitrogens with two attached hydrogens (primary N) is 2. The average Bonchev–Trinajstić information content (AvgIpc) is 3.11. The average molecular weight is 403 g/mol. The number of carbonyl (C=O) groups excluding carboxylic acids is 1. The van der Waals surface area contributed by atoms with E-state index in [2.05, 4.69) is 9.55 Å². The first-order valence-corrected chi connectivity index (χ1v) is 9.47. The molecule has 5 nitrogen and oxygen atoms in total. The van der Waals surface area contributed by atoms with Crippen LogP contribution in [0.15, 0.2) is 78.9 Å². The van der Waals surface area contributed by atoms with Crippen LogP contribution in [0.4, 0.5) is 5.82 Å². The lowest BCUT2D eigenvalue weighted by Gasteiger charge is -2.15. The number of nitrogen functional groups attached to an aromatic ring is 1. The van der Waals surface area contributed by atoms with E-state index in [1.807, 2.05) is 60.7 Å². The molecule has 29 heavy (non-hydrogen) atoms. The minimum absolute atomic E-state index is 0.451. The van der Waals surface area contributed by atoms with Crippen LogP contribution in [0.3, 0.4) is 0 Å². The van der Waals surface area contributed by atoms with Gasteiger partial charge in [-0.1, -0.05) is 48.0 Å². The zero-order valence-electron chi connectivity index (χ0n) is 15.5. The van der Waals surface area contributed by atoms with Crippen molar-refractivity contribution >= 4 is 23.3 Å². The molecule has 0 fully saturated rings. The van der Waals surface area contributed by atoms with Gasteiger partial charge in [-0.2, -0.15) is 0 Å². The van der Waals surface area contributed by atoms with Gasteiger partial charge in [-0.25, -0.2) is 4.98 Å². The Morgan fingerprint density at radius 1 is 0.897 bits per heavy atom. The lowest BCUT2D eigenvalue weighted by molar-refractivity contribution is 0.100. The highest BCUT2D eigenvalue weighted by Gasteiger charge is 2.15. The van der Waals surface area contributed by atoms with Crippen molar-refractivity contribution < 1.29 is 4.79 Å². The molecule has 2 aromatic heterocycles. The van der Waals surface area contributed by atoms with E-state index in [-0.39, 0.29) is 0 Å². The number of hydrogen-bond acceptors (Lipinski definition) is 3.